The number of ether oxygens (including phenoxy) is 1. The fourth-order valence-corrected chi connectivity index (χ4v) is 3.61. The van der Waals surface area contributed by atoms with Gasteiger partial charge in [0.15, 0.2) is 0 Å². The Balaban J connectivity index is 1.76. The van der Waals surface area contributed by atoms with Crippen LogP contribution in [0.5, 0.6) is 5.75 Å². The molecule has 0 saturated carbocycles. The number of non-ortho nitro benzene ring substituents is 1. The number of carbonyl (C=O) groups is 2. The van der Waals surface area contributed by atoms with Crippen LogP contribution in [0.4, 0.5) is 11.4 Å². The summed E-state index contributed by atoms with van der Waals surface area (Å²) in [7, 11) is 0. The van der Waals surface area contributed by atoms with Crippen molar-refractivity contribution in [1.82, 2.24) is 4.90 Å². The number of carbonyl (C=O) groups excluding carboxylic acids is 2. The first-order valence-corrected chi connectivity index (χ1v) is 10.4. The highest BCUT2D eigenvalue weighted by molar-refractivity contribution is 6.36. The van der Waals surface area contributed by atoms with E-state index in [1.165, 1.54) is 24.3 Å². The van der Waals surface area contributed by atoms with E-state index in [0.29, 0.717) is 23.6 Å². The average molecular weight is 443 g/mol. The van der Waals surface area contributed by atoms with E-state index in [1.807, 2.05) is 43.3 Å². The average Bonchev–Trinajstić information content (AvgIpc) is 3.05. The van der Waals surface area contributed by atoms with E-state index in [2.05, 4.69) is 5.32 Å². The van der Waals surface area contributed by atoms with Crippen molar-refractivity contribution in [1.29, 1.82) is 0 Å². The van der Waals surface area contributed by atoms with Crippen molar-refractivity contribution in [2.75, 3.05) is 11.9 Å². The van der Waals surface area contributed by atoms with Gasteiger partial charge in [0, 0.05) is 12.1 Å². The number of nitrogens with zero attached hydrogens (tertiary/aromatic N) is 2. The molecule has 33 heavy (non-hydrogen) atoms. The van der Waals surface area contributed by atoms with Gasteiger partial charge in [-0.3, -0.25) is 24.6 Å². The lowest BCUT2D eigenvalue weighted by Gasteiger charge is -2.16. The van der Waals surface area contributed by atoms with Crippen LogP contribution in [-0.4, -0.2) is 28.2 Å². The molecule has 3 aromatic carbocycles. The lowest BCUT2D eigenvalue weighted by molar-refractivity contribution is -0.384. The molecule has 3 aromatic rings. The molecule has 0 atom stereocenters. The van der Waals surface area contributed by atoms with Crippen molar-refractivity contribution in [3.63, 3.8) is 0 Å². The van der Waals surface area contributed by atoms with Crippen molar-refractivity contribution in [2.24, 2.45) is 0 Å². The maximum absolute atomic E-state index is 13.4. The molecule has 2 amide bonds. The standard InChI is InChI=1S/C25H21N3O5/c1-2-33-21-11-7-6-10-20(21)26-23-22(18-12-14-19(15-13-18)28(31)32)24(29)27(25(23)30)16-17-8-4-3-5-9-17/h3-15,26H,2,16H2,1H3. The Bertz CT molecular complexity index is 1240. The molecule has 8 nitrogen and oxygen atoms in total. The maximum atomic E-state index is 13.4. The summed E-state index contributed by atoms with van der Waals surface area (Å²) in [6.07, 6.45) is 0. The summed E-state index contributed by atoms with van der Waals surface area (Å²) < 4.78 is 5.65. The van der Waals surface area contributed by atoms with E-state index in [1.54, 1.807) is 18.2 Å². The zero-order valence-electron chi connectivity index (χ0n) is 17.9. The van der Waals surface area contributed by atoms with Crippen LogP contribution in [0.2, 0.25) is 0 Å². The predicted molar refractivity (Wildman–Crippen MR) is 123 cm³/mol. The van der Waals surface area contributed by atoms with Gasteiger partial charge in [0.1, 0.15) is 11.4 Å². The number of nitro benzene ring substituents is 1. The van der Waals surface area contributed by atoms with Gasteiger partial charge in [-0.25, -0.2) is 0 Å². The molecular formula is C25H21N3O5. The summed E-state index contributed by atoms with van der Waals surface area (Å²) in [5, 5.41) is 14.1. The summed E-state index contributed by atoms with van der Waals surface area (Å²) >= 11 is 0. The van der Waals surface area contributed by atoms with Gasteiger partial charge in [-0.05, 0) is 42.3 Å². The Labute approximate surface area is 190 Å². The highest BCUT2D eigenvalue weighted by Crippen LogP contribution is 2.34. The van der Waals surface area contributed by atoms with Gasteiger partial charge >= 0.3 is 0 Å². The molecule has 166 valence electrons. The lowest BCUT2D eigenvalue weighted by Crippen LogP contribution is -2.32. The van der Waals surface area contributed by atoms with Crippen molar-refractivity contribution < 1.29 is 19.2 Å². The Morgan fingerprint density at radius 3 is 2.24 bits per heavy atom. The molecule has 0 aliphatic carbocycles. The fourth-order valence-electron chi connectivity index (χ4n) is 3.61. The van der Waals surface area contributed by atoms with Crippen LogP contribution in [-0.2, 0) is 16.1 Å². The zero-order valence-corrected chi connectivity index (χ0v) is 17.9. The van der Waals surface area contributed by atoms with Crippen LogP contribution in [0.25, 0.3) is 5.57 Å². The highest BCUT2D eigenvalue weighted by atomic mass is 16.6. The van der Waals surface area contributed by atoms with Crippen molar-refractivity contribution in [2.45, 2.75) is 13.5 Å². The summed E-state index contributed by atoms with van der Waals surface area (Å²) in [6.45, 7) is 2.39. The molecule has 0 bridgehead atoms. The van der Waals surface area contributed by atoms with E-state index < -0.39 is 16.7 Å². The number of hydrogen-bond donors (Lipinski definition) is 1. The third-order valence-corrected chi connectivity index (χ3v) is 5.16. The molecule has 1 heterocycles. The summed E-state index contributed by atoms with van der Waals surface area (Å²) in [4.78, 5) is 38.5. The van der Waals surface area contributed by atoms with Crippen molar-refractivity contribution >= 4 is 28.8 Å². The minimum absolute atomic E-state index is 0.0944. The maximum Gasteiger partial charge on any atom is 0.278 e. The largest absolute Gasteiger partial charge is 0.492 e. The van der Waals surface area contributed by atoms with Gasteiger partial charge in [-0.1, -0.05) is 42.5 Å². The second kappa shape index (κ2) is 9.35. The second-order valence-corrected chi connectivity index (χ2v) is 7.29. The molecule has 1 aliphatic rings. The van der Waals surface area contributed by atoms with E-state index >= 15 is 0 Å². The first kappa shape index (κ1) is 21.8. The van der Waals surface area contributed by atoms with E-state index in [4.69, 9.17) is 4.74 Å². The van der Waals surface area contributed by atoms with Gasteiger partial charge in [-0.15, -0.1) is 0 Å². The first-order valence-electron chi connectivity index (χ1n) is 10.4. The number of imide groups is 1. The van der Waals surface area contributed by atoms with Gasteiger partial charge in [0.25, 0.3) is 17.5 Å². The quantitative estimate of drug-likeness (QED) is 0.315. The van der Waals surface area contributed by atoms with Crippen molar-refractivity contribution in [3.8, 4) is 5.75 Å². The normalized spacial score (nSPS) is 13.4. The summed E-state index contributed by atoms with van der Waals surface area (Å²) in [5.74, 6) is -0.421. The minimum atomic E-state index is -0.515. The Morgan fingerprint density at radius 2 is 1.58 bits per heavy atom. The van der Waals surface area contributed by atoms with Gasteiger partial charge in [0.05, 0.1) is 29.3 Å². The summed E-state index contributed by atoms with van der Waals surface area (Å²) in [5.41, 5.74) is 1.89. The first-order chi connectivity index (χ1) is 16.0. The molecular weight excluding hydrogens is 422 g/mol. The number of para-hydroxylation sites is 2. The zero-order chi connectivity index (χ0) is 23.4. The minimum Gasteiger partial charge on any atom is -0.492 e. The van der Waals surface area contributed by atoms with E-state index in [9.17, 15) is 19.7 Å². The molecule has 1 aliphatic heterocycles. The molecule has 1 N–H and O–H groups in total. The van der Waals surface area contributed by atoms with Crippen LogP contribution < -0.4 is 10.1 Å². The van der Waals surface area contributed by atoms with Crippen LogP contribution in [0.15, 0.2) is 84.6 Å². The summed E-state index contributed by atoms with van der Waals surface area (Å²) in [6, 6.07) is 21.9. The second-order valence-electron chi connectivity index (χ2n) is 7.29. The van der Waals surface area contributed by atoms with Gasteiger partial charge in [-0.2, -0.15) is 0 Å². The number of hydrogen-bond acceptors (Lipinski definition) is 6. The third-order valence-electron chi connectivity index (χ3n) is 5.16. The smallest absolute Gasteiger partial charge is 0.278 e. The Morgan fingerprint density at radius 1 is 0.909 bits per heavy atom. The molecule has 0 spiro atoms. The van der Waals surface area contributed by atoms with Crippen molar-refractivity contribution in [3.05, 3.63) is 106 Å². The molecule has 0 fully saturated rings. The van der Waals surface area contributed by atoms with Crippen LogP contribution in [0.1, 0.15) is 18.1 Å². The molecule has 8 heteroatoms. The predicted octanol–water partition coefficient (Wildman–Crippen LogP) is 4.39. The number of nitro groups is 1. The molecule has 4 rings (SSSR count). The van der Waals surface area contributed by atoms with E-state index in [0.717, 1.165) is 10.5 Å². The lowest BCUT2D eigenvalue weighted by atomic mass is 10.0. The number of amides is 2. The topological polar surface area (TPSA) is 102 Å². The van der Waals surface area contributed by atoms with Gasteiger partial charge in [0.2, 0.25) is 0 Å². The molecule has 0 radical (unpaired) electrons. The molecule has 0 unspecified atom stereocenters. The SMILES string of the molecule is CCOc1ccccc1NC1=C(c2ccc([N+](=O)[O-])cc2)C(=O)N(Cc2ccccc2)C1=O. The van der Waals surface area contributed by atoms with E-state index in [-0.39, 0.29) is 23.5 Å². The Hall–Kier alpha value is -4.46. The third kappa shape index (κ3) is 4.45. The highest BCUT2D eigenvalue weighted by Gasteiger charge is 2.39. The number of benzene rings is 3. The monoisotopic (exact) mass is 443 g/mol. The Kier molecular flexibility index (Phi) is 6.17. The molecule has 0 aromatic heterocycles. The number of rotatable bonds is 8. The van der Waals surface area contributed by atoms with Crippen LogP contribution >= 0.6 is 0 Å². The molecule has 0 saturated heterocycles. The number of anilines is 1. The van der Waals surface area contributed by atoms with Crippen LogP contribution in [0, 0.1) is 10.1 Å². The van der Waals surface area contributed by atoms with Crippen LogP contribution in [0.3, 0.4) is 0 Å². The number of nitrogens with one attached hydrogen (secondary N) is 1. The fraction of sp³-hybridized carbons (Fsp3) is 0.120. The van der Waals surface area contributed by atoms with Gasteiger partial charge < -0.3 is 10.1 Å².